The molecule has 0 aliphatic heterocycles. The molecule has 2 aromatic rings. The van der Waals surface area contributed by atoms with Crippen LogP contribution in [0.2, 0.25) is 5.02 Å². The van der Waals surface area contributed by atoms with Crippen LogP contribution < -0.4 is 15.8 Å². The van der Waals surface area contributed by atoms with Crippen molar-refractivity contribution >= 4 is 11.6 Å². The van der Waals surface area contributed by atoms with E-state index in [1.807, 2.05) is 24.3 Å². The fraction of sp³-hybridized carbons (Fsp3) is 0.231. The van der Waals surface area contributed by atoms with E-state index in [-0.39, 0.29) is 24.5 Å². The number of halogens is 4. The summed E-state index contributed by atoms with van der Waals surface area (Å²) in [6, 6.07) is 10.1. The molecule has 0 heterocycles. The predicted octanol–water partition coefficient (Wildman–Crippen LogP) is 6.51. The Balaban J connectivity index is 1.86. The largest absolute Gasteiger partial charge is 0.457 e. The van der Waals surface area contributed by atoms with E-state index >= 15 is 0 Å². The molecule has 34 heavy (non-hydrogen) atoms. The van der Waals surface area contributed by atoms with Crippen LogP contribution in [0.15, 0.2) is 78.2 Å². The Morgan fingerprint density at radius 1 is 1.12 bits per heavy atom. The van der Waals surface area contributed by atoms with Crippen LogP contribution in [0.4, 0.5) is 13.2 Å². The Hall–Kier alpha value is -3.34. The summed E-state index contributed by atoms with van der Waals surface area (Å²) in [7, 11) is 0. The molecule has 0 saturated heterocycles. The van der Waals surface area contributed by atoms with Crippen LogP contribution in [0.3, 0.4) is 0 Å². The average molecular weight is 489 g/mol. The molecule has 0 bridgehead atoms. The van der Waals surface area contributed by atoms with Gasteiger partial charge < -0.3 is 20.5 Å². The van der Waals surface area contributed by atoms with Crippen LogP contribution >= 0.6 is 11.6 Å². The molecule has 3 rings (SSSR count). The molecule has 0 aromatic heterocycles. The molecule has 1 aliphatic carbocycles. The standard InChI is InChI=1S/C26H24ClF3N2O2/c1-2-15-33-25(17-32-20-6-4-3-5-19(31)9-10-20)23-14-13-22(16-24(23)26(28,29)30)34-21-11-7-18(27)8-12-21/h1,3-5,7-8,10-14,16,25,32H,6,9,15,17,31H2/b4-3-,19-5-,20-10+. The number of hydrogen-bond acceptors (Lipinski definition) is 4. The minimum Gasteiger partial charge on any atom is -0.457 e. The number of nitrogens with two attached hydrogens (primary N) is 1. The lowest BCUT2D eigenvalue weighted by atomic mass is 10.0. The average Bonchev–Trinajstić information content (AvgIpc) is 2.79. The minimum atomic E-state index is -4.63. The van der Waals surface area contributed by atoms with E-state index < -0.39 is 17.8 Å². The molecule has 0 spiro atoms. The van der Waals surface area contributed by atoms with E-state index in [4.69, 9.17) is 33.2 Å². The summed E-state index contributed by atoms with van der Waals surface area (Å²) in [5.41, 5.74) is 6.49. The molecule has 0 fully saturated rings. The van der Waals surface area contributed by atoms with Gasteiger partial charge in [0.2, 0.25) is 0 Å². The Kier molecular flexibility index (Phi) is 8.69. The second kappa shape index (κ2) is 11.7. The lowest BCUT2D eigenvalue weighted by Crippen LogP contribution is -2.25. The second-order valence-electron chi connectivity index (χ2n) is 7.49. The van der Waals surface area contributed by atoms with Crippen molar-refractivity contribution in [2.75, 3.05) is 13.2 Å². The maximum absolute atomic E-state index is 14.0. The summed E-state index contributed by atoms with van der Waals surface area (Å²) in [6.45, 7) is -0.0489. The molecule has 0 amide bonds. The molecule has 4 nitrogen and oxygen atoms in total. The quantitative estimate of drug-likeness (QED) is 0.416. The molecule has 2 aromatic carbocycles. The molecular weight excluding hydrogens is 465 g/mol. The van der Waals surface area contributed by atoms with Crippen LogP contribution in [0, 0.1) is 12.3 Å². The summed E-state index contributed by atoms with van der Waals surface area (Å²) < 4.78 is 53.2. The molecular formula is C26H24ClF3N2O2. The molecule has 3 N–H and O–H groups in total. The highest BCUT2D eigenvalue weighted by Gasteiger charge is 2.36. The van der Waals surface area contributed by atoms with Crippen molar-refractivity contribution in [3.05, 3.63) is 94.3 Å². The zero-order valence-corrected chi connectivity index (χ0v) is 19.0. The summed E-state index contributed by atoms with van der Waals surface area (Å²) in [6.07, 6.45) is 8.33. The number of alkyl halides is 3. The Labute approximate surface area is 201 Å². The fourth-order valence-corrected chi connectivity index (χ4v) is 3.44. The van der Waals surface area contributed by atoms with Crippen molar-refractivity contribution in [1.82, 2.24) is 5.32 Å². The second-order valence-corrected chi connectivity index (χ2v) is 7.93. The third kappa shape index (κ3) is 7.34. The number of terminal acetylenes is 1. The van der Waals surface area contributed by atoms with Gasteiger partial charge in [0.05, 0.1) is 5.56 Å². The number of allylic oxidation sites excluding steroid dienone is 4. The minimum absolute atomic E-state index is 0.0391. The van der Waals surface area contributed by atoms with Gasteiger partial charge in [-0.1, -0.05) is 41.8 Å². The van der Waals surface area contributed by atoms with Gasteiger partial charge in [0, 0.05) is 35.8 Å². The van der Waals surface area contributed by atoms with Gasteiger partial charge in [0.1, 0.15) is 24.2 Å². The number of nitrogens with one attached hydrogen (secondary N) is 1. The molecule has 1 atom stereocenters. The van der Waals surface area contributed by atoms with Gasteiger partial charge in [-0.05, 0) is 48.0 Å². The highest BCUT2D eigenvalue weighted by molar-refractivity contribution is 6.30. The third-order valence-electron chi connectivity index (χ3n) is 4.98. The smallest absolute Gasteiger partial charge is 0.416 e. The van der Waals surface area contributed by atoms with Crippen molar-refractivity contribution in [2.24, 2.45) is 5.73 Å². The number of benzene rings is 2. The summed E-state index contributed by atoms with van der Waals surface area (Å²) in [4.78, 5) is 0. The van der Waals surface area contributed by atoms with E-state index in [0.29, 0.717) is 29.3 Å². The summed E-state index contributed by atoms with van der Waals surface area (Å²) >= 11 is 5.85. The maximum Gasteiger partial charge on any atom is 0.416 e. The van der Waals surface area contributed by atoms with Crippen molar-refractivity contribution in [3.8, 4) is 23.8 Å². The number of ether oxygens (including phenoxy) is 2. The van der Waals surface area contributed by atoms with Crippen molar-refractivity contribution in [1.29, 1.82) is 0 Å². The third-order valence-corrected chi connectivity index (χ3v) is 5.23. The Morgan fingerprint density at radius 3 is 2.56 bits per heavy atom. The topological polar surface area (TPSA) is 56.5 Å². The number of rotatable bonds is 8. The lowest BCUT2D eigenvalue weighted by molar-refractivity contribution is -0.139. The first-order valence-corrected chi connectivity index (χ1v) is 10.9. The van der Waals surface area contributed by atoms with Crippen LogP contribution in [-0.4, -0.2) is 13.2 Å². The van der Waals surface area contributed by atoms with Gasteiger partial charge in [0.15, 0.2) is 0 Å². The fourth-order valence-electron chi connectivity index (χ4n) is 3.32. The van der Waals surface area contributed by atoms with E-state index in [9.17, 15) is 13.2 Å². The zero-order chi connectivity index (χ0) is 24.6. The maximum atomic E-state index is 14.0. The molecule has 178 valence electrons. The van der Waals surface area contributed by atoms with Crippen LogP contribution in [0.25, 0.3) is 0 Å². The van der Waals surface area contributed by atoms with Gasteiger partial charge in [-0.3, -0.25) is 0 Å². The first kappa shape index (κ1) is 25.3. The summed E-state index contributed by atoms with van der Waals surface area (Å²) in [5.74, 6) is 2.72. The zero-order valence-electron chi connectivity index (χ0n) is 18.2. The highest BCUT2D eigenvalue weighted by Crippen LogP contribution is 2.39. The lowest BCUT2D eigenvalue weighted by Gasteiger charge is -2.24. The van der Waals surface area contributed by atoms with Crippen LogP contribution in [0.1, 0.15) is 30.1 Å². The SMILES string of the molecule is C#CCOC(CN/C1=C/C/C(N)=C/C=C\C1)c1ccc(Oc2ccc(Cl)cc2)cc1C(F)(F)F. The Bertz CT molecular complexity index is 1120. The Morgan fingerprint density at radius 2 is 1.85 bits per heavy atom. The molecule has 1 aliphatic rings. The summed E-state index contributed by atoms with van der Waals surface area (Å²) in [5, 5.41) is 3.67. The van der Waals surface area contributed by atoms with E-state index in [1.54, 1.807) is 24.3 Å². The van der Waals surface area contributed by atoms with Crippen LogP contribution in [0.5, 0.6) is 11.5 Å². The van der Waals surface area contributed by atoms with E-state index in [1.165, 1.54) is 12.1 Å². The van der Waals surface area contributed by atoms with Crippen molar-refractivity contribution in [2.45, 2.75) is 25.1 Å². The van der Waals surface area contributed by atoms with Gasteiger partial charge in [0.25, 0.3) is 0 Å². The van der Waals surface area contributed by atoms with Gasteiger partial charge in [-0.2, -0.15) is 13.2 Å². The molecule has 0 radical (unpaired) electrons. The molecule has 1 unspecified atom stereocenters. The first-order valence-electron chi connectivity index (χ1n) is 10.5. The van der Waals surface area contributed by atoms with Crippen LogP contribution in [-0.2, 0) is 10.9 Å². The molecule has 8 heteroatoms. The van der Waals surface area contributed by atoms with E-state index in [2.05, 4.69) is 11.2 Å². The predicted molar refractivity (Wildman–Crippen MR) is 127 cm³/mol. The van der Waals surface area contributed by atoms with Gasteiger partial charge in [-0.15, -0.1) is 6.42 Å². The monoisotopic (exact) mass is 488 g/mol. The first-order chi connectivity index (χ1) is 16.3. The highest BCUT2D eigenvalue weighted by atomic mass is 35.5. The number of hydrogen-bond donors (Lipinski definition) is 2. The van der Waals surface area contributed by atoms with Crippen molar-refractivity contribution < 1.29 is 22.6 Å². The van der Waals surface area contributed by atoms with Crippen molar-refractivity contribution in [3.63, 3.8) is 0 Å². The van der Waals surface area contributed by atoms with Gasteiger partial charge >= 0.3 is 6.18 Å². The van der Waals surface area contributed by atoms with E-state index in [0.717, 1.165) is 11.8 Å². The van der Waals surface area contributed by atoms with Gasteiger partial charge in [-0.25, -0.2) is 0 Å². The molecule has 0 saturated carbocycles. The normalized spacial score (nSPS) is 18.8.